The van der Waals surface area contributed by atoms with Gasteiger partial charge in [0, 0.05) is 6.20 Å². The molecule has 30 heavy (non-hydrogen) atoms. The van der Waals surface area contributed by atoms with Gasteiger partial charge in [0.25, 0.3) is 5.91 Å². The average Bonchev–Trinajstić information content (AvgIpc) is 3.10. The van der Waals surface area contributed by atoms with Crippen LogP contribution in [-0.4, -0.2) is 20.9 Å². The lowest BCUT2D eigenvalue weighted by Crippen LogP contribution is -2.18. The molecule has 1 amide bonds. The number of nitrogens with zero attached hydrogens (tertiary/aromatic N) is 3. The number of hydrogen-bond acceptors (Lipinski definition) is 6. The molecule has 2 aromatic heterocycles. The fraction of sp³-hybridized carbons (Fsp3) is 0.100. The van der Waals surface area contributed by atoms with Gasteiger partial charge in [-0.25, -0.2) is 9.97 Å². The van der Waals surface area contributed by atoms with Crippen molar-refractivity contribution >= 4 is 34.7 Å². The van der Waals surface area contributed by atoms with E-state index in [0.29, 0.717) is 11.1 Å². The zero-order valence-corrected chi connectivity index (χ0v) is 15.5. The van der Waals surface area contributed by atoms with E-state index in [1.54, 1.807) is 19.1 Å². The summed E-state index contributed by atoms with van der Waals surface area (Å²) in [5.74, 6) is -0.621. The molecule has 0 saturated heterocycles. The average molecular weight is 413 g/mol. The topological polar surface area (TPSA) is 92.9 Å². The molecule has 4 rings (SSSR count). The molecule has 0 atom stereocenters. The number of anilines is 3. The first-order chi connectivity index (χ1) is 14.3. The highest BCUT2D eigenvalue weighted by molar-refractivity contribution is 6.05. The number of aryl methyl sites for hydroxylation is 1. The van der Waals surface area contributed by atoms with E-state index < -0.39 is 17.6 Å². The van der Waals surface area contributed by atoms with Gasteiger partial charge >= 0.3 is 12.2 Å². The van der Waals surface area contributed by atoms with E-state index in [1.807, 2.05) is 12.1 Å². The van der Waals surface area contributed by atoms with Crippen molar-refractivity contribution in [3.8, 4) is 0 Å². The summed E-state index contributed by atoms with van der Waals surface area (Å²) in [6.07, 6.45) is -3.37. The third-order valence-corrected chi connectivity index (χ3v) is 4.22. The summed E-state index contributed by atoms with van der Waals surface area (Å²) in [5.41, 5.74) is 0.252. The molecule has 0 saturated carbocycles. The molecular weight excluding hydrogens is 399 g/mol. The summed E-state index contributed by atoms with van der Waals surface area (Å²) in [7, 11) is 0. The van der Waals surface area contributed by atoms with Crippen LogP contribution in [-0.2, 0) is 6.18 Å². The number of amides is 1. The van der Waals surface area contributed by atoms with Crippen LogP contribution >= 0.6 is 0 Å². The number of oxazole rings is 1. The van der Waals surface area contributed by atoms with Crippen molar-refractivity contribution in [2.75, 3.05) is 10.6 Å². The number of halogens is 3. The van der Waals surface area contributed by atoms with Gasteiger partial charge in [-0.15, -0.1) is 0 Å². The molecule has 0 aliphatic rings. The first-order valence-electron chi connectivity index (χ1n) is 8.75. The molecule has 4 aromatic rings. The first kappa shape index (κ1) is 19.4. The molecular formula is C20H14F3N5O2. The maximum absolute atomic E-state index is 13.1. The third kappa shape index (κ3) is 3.93. The minimum Gasteiger partial charge on any atom is -0.423 e. The molecule has 0 unspecified atom stereocenters. The molecule has 152 valence electrons. The number of hydrogen-bond donors (Lipinski definition) is 2. The monoisotopic (exact) mass is 413 g/mol. The quantitative estimate of drug-likeness (QED) is 0.492. The lowest BCUT2D eigenvalue weighted by molar-refractivity contribution is -0.136. The molecule has 7 nitrogen and oxygen atoms in total. The van der Waals surface area contributed by atoms with E-state index in [4.69, 9.17) is 4.42 Å². The van der Waals surface area contributed by atoms with Gasteiger partial charge in [0.1, 0.15) is 5.52 Å². The Hall–Kier alpha value is -3.95. The zero-order valence-electron chi connectivity index (χ0n) is 15.5. The Morgan fingerprint density at radius 2 is 1.77 bits per heavy atom. The Balaban J connectivity index is 1.54. The van der Waals surface area contributed by atoms with E-state index in [9.17, 15) is 18.0 Å². The number of para-hydroxylation sites is 3. The first-order valence-corrected chi connectivity index (χ1v) is 8.75. The van der Waals surface area contributed by atoms with Gasteiger partial charge in [-0.1, -0.05) is 24.3 Å². The lowest BCUT2D eigenvalue weighted by Gasteiger charge is -2.14. The van der Waals surface area contributed by atoms with E-state index in [-0.39, 0.29) is 28.9 Å². The largest absolute Gasteiger partial charge is 0.423 e. The van der Waals surface area contributed by atoms with Crippen molar-refractivity contribution in [1.29, 1.82) is 0 Å². The number of nitrogens with one attached hydrogen (secondary N) is 2. The van der Waals surface area contributed by atoms with Crippen LogP contribution in [0, 0.1) is 6.92 Å². The van der Waals surface area contributed by atoms with E-state index in [1.165, 1.54) is 24.4 Å². The molecule has 0 aliphatic carbocycles. The predicted molar refractivity (Wildman–Crippen MR) is 103 cm³/mol. The smallest absolute Gasteiger partial charge is 0.418 e. The van der Waals surface area contributed by atoms with Crippen LogP contribution in [0.15, 0.2) is 59.1 Å². The number of carbonyl (C=O) groups is 1. The van der Waals surface area contributed by atoms with Crippen molar-refractivity contribution in [3.05, 3.63) is 71.5 Å². The van der Waals surface area contributed by atoms with Crippen LogP contribution in [0.1, 0.15) is 21.6 Å². The SMILES string of the molecule is Cc1nc(Nc2nc3ccccc3o2)ncc1C(=O)Nc1ccccc1C(F)(F)F. The number of alkyl halides is 3. The highest BCUT2D eigenvalue weighted by Crippen LogP contribution is 2.34. The van der Waals surface area contributed by atoms with E-state index in [2.05, 4.69) is 25.6 Å². The van der Waals surface area contributed by atoms with Crippen molar-refractivity contribution in [2.24, 2.45) is 0 Å². The molecule has 0 spiro atoms. The number of carbonyl (C=O) groups excluding carboxylic acids is 1. The maximum Gasteiger partial charge on any atom is 0.418 e. The normalized spacial score (nSPS) is 11.5. The molecule has 10 heteroatoms. The van der Waals surface area contributed by atoms with Crippen LogP contribution < -0.4 is 10.6 Å². The Kier molecular flexibility index (Phi) is 4.82. The Labute approximate surface area is 168 Å². The van der Waals surface area contributed by atoms with E-state index >= 15 is 0 Å². The molecule has 0 bridgehead atoms. The van der Waals surface area contributed by atoms with Gasteiger partial charge in [0.15, 0.2) is 5.58 Å². The van der Waals surface area contributed by atoms with Gasteiger partial charge in [0.2, 0.25) is 5.95 Å². The van der Waals surface area contributed by atoms with Crippen LogP contribution in [0.3, 0.4) is 0 Å². The van der Waals surface area contributed by atoms with Crippen LogP contribution in [0.2, 0.25) is 0 Å². The maximum atomic E-state index is 13.1. The second kappa shape index (κ2) is 7.47. The minimum absolute atomic E-state index is 0.0371. The summed E-state index contributed by atoms with van der Waals surface area (Å²) in [6.45, 7) is 1.55. The van der Waals surface area contributed by atoms with E-state index in [0.717, 1.165) is 6.07 Å². The summed E-state index contributed by atoms with van der Waals surface area (Å²) in [5, 5.41) is 5.07. The molecule has 0 radical (unpaired) electrons. The second-order valence-corrected chi connectivity index (χ2v) is 6.30. The highest BCUT2D eigenvalue weighted by atomic mass is 19.4. The fourth-order valence-electron chi connectivity index (χ4n) is 2.80. The number of rotatable bonds is 4. The fourth-order valence-corrected chi connectivity index (χ4v) is 2.80. The lowest BCUT2D eigenvalue weighted by atomic mass is 10.1. The molecule has 2 heterocycles. The van der Waals surface area contributed by atoms with Crippen LogP contribution in [0.5, 0.6) is 0 Å². The van der Waals surface area contributed by atoms with Crippen molar-refractivity contribution in [2.45, 2.75) is 13.1 Å². The van der Waals surface area contributed by atoms with Crippen molar-refractivity contribution in [3.63, 3.8) is 0 Å². The van der Waals surface area contributed by atoms with Crippen LogP contribution in [0.4, 0.5) is 30.8 Å². The summed E-state index contributed by atoms with van der Waals surface area (Å²) < 4.78 is 44.9. The van der Waals surface area contributed by atoms with Gasteiger partial charge < -0.3 is 9.73 Å². The molecule has 2 N–H and O–H groups in total. The molecule has 2 aromatic carbocycles. The van der Waals surface area contributed by atoms with Gasteiger partial charge in [-0.05, 0) is 31.2 Å². The van der Waals surface area contributed by atoms with Gasteiger partial charge in [-0.3, -0.25) is 10.1 Å². The Bertz CT molecular complexity index is 1200. The zero-order chi connectivity index (χ0) is 21.3. The Morgan fingerprint density at radius 3 is 2.50 bits per heavy atom. The summed E-state index contributed by atoms with van der Waals surface area (Å²) >= 11 is 0. The third-order valence-electron chi connectivity index (χ3n) is 4.22. The highest BCUT2D eigenvalue weighted by Gasteiger charge is 2.33. The van der Waals surface area contributed by atoms with Gasteiger partial charge in [0.05, 0.1) is 22.5 Å². The standard InChI is InChI=1S/C20H14F3N5O2/c1-11-12(17(29)26-14-7-3-2-6-13(14)20(21,22)23)10-24-18(25-11)28-19-27-15-8-4-5-9-16(15)30-19/h2-10H,1H3,(H,26,29)(H,24,25,27,28). The number of aromatic nitrogens is 3. The molecule has 0 aliphatic heterocycles. The second-order valence-electron chi connectivity index (χ2n) is 6.30. The van der Waals surface area contributed by atoms with Crippen molar-refractivity contribution in [1.82, 2.24) is 15.0 Å². The number of fused-ring (bicyclic) bond motifs is 1. The predicted octanol–water partition coefficient (Wildman–Crippen LogP) is 4.94. The van der Waals surface area contributed by atoms with Gasteiger partial charge in [-0.2, -0.15) is 18.2 Å². The summed E-state index contributed by atoms with van der Waals surface area (Å²) in [4.78, 5) is 24.9. The summed E-state index contributed by atoms with van der Waals surface area (Å²) in [6, 6.07) is 12.1. The van der Waals surface area contributed by atoms with Crippen LogP contribution in [0.25, 0.3) is 11.1 Å². The Morgan fingerprint density at radius 1 is 1.03 bits per heavy atom. The minimum atomic E-state index is -4.59. The van der Waals surface area contributed by atoms with Crippen molar-refractivity contribution < 1.29 is 22.4 Å². The molecule has 0 fully saturated rings. The number of benzene rings is 2.